The minimum atomic E-state index is -0.235. The number of nitrogens with one attached hydrogen (secondary N) is 1. The number of aromatic nitrogens is 1. The number of amides is 1. The summed E-state index contributed by atoms with van der Waals surface area (Å²) in [5, 5.41) is 6.46. The van der Waals surface area contributed by atoms with E-state index in [-0.39, 0.29) is 11.4 Å². The molecule has 0 aliphatic rings. The normalized spacial score (nSPS) is 11.4. The second-order valence-electron chi connectivity index (χ2n) is 4.02. The van der Waals surface area contributed by atoms with Gasteiger partial charge in [-0.2, -0.15) is 0 Å². The fourth-order valence-electron chi connectivity index (χ4n) is 0.918. The molecule has 13 heavy (non-hydrogen) atoms. The van der Waals surface area contributed by atoms with Gasteiger partial charge in [0.1, 0.15) is 11.8 Å². The molecular weight excluding hydrogens is 168 g/mol. The molecule has 4 heteroatoms. The van der Waals surface area contributed by atoms with E-state index in [1.165, 1.54) is 6.26 Å². The van der Waals surface area contributed by atoms with Gasteiger partial charge in [0.25, 0.3) is 5.91 Å². The first-order valence-corrected chi connectivity index (χ1v) is 4.13. The van der Waals surface area contributed by atoms with E-state index in [4.69, 9.17) is 0 Å². The molecule has 4 nitrogen and oxygen atoms in total. The van der Waals surface area contributed by atoms with Gasteiger partial charge in [-0.05, 0) is 27.7 Å². The molecule has 0 radical (unpaired) electrons. The Hall–Kier alpha value is -1.32. The molecule has 0 aromatic carbocycles. The van der Waals surface area contributed by atoms with E-state index < -0.39 is 0 Å². The Kier molecular flexibility index (Phi) is 2.40. The lowest BCUT2D eigenvalue weighted by Gasteiger charge is -2.19. The number of hydrogen-bond donors (Lipinski definition) is 1. The highest BCUT2D eigenvalue weighted by atomic mass is 16.5. The van der Waals surface area contributed by atoms with Gasteiger partial charge >= 0.3 is 0 Å². The summed E-state index contributed by atoms with van der Waals surface area (Å²) in [6.45, 7) is 7.51. The molecule has 0 atom stereocenters. The van der Waals surface area contributed by atoms with Crippen molar-refractivity contribution in [2.75, 3.05) is 0 Å². The van der Waals surface area contributed by atoms with Crippen LogP contribution in [0.2, 0.25) is 0 Å². The largest absolute Gasteiger partial charge is 0.364 e. The van der Waals surface area contributed by atoms with Crippen molar-refractivity contribution < 1.29 is 9.32 Å². The van der Waals surface area contributed by atoms with Gasteiger partial charge in [-0.15, -0.1) is 0 Å². The highest BCUT2D eigenvalue weighted by Crippen LogP contribution is 2.07. The lowest BCUT2D eigenvalue weighted by molar-refractivity contribution is 0.0918. The first-order valence-electron chi connectivity index (χ1n) is 4.13. The van der Waals surface area contributed by atoms with Crippen molar-refractivity contribution in [3.63, 3.8) is 0 Å². The van der Waals surface area contributed by atoms with Crippen molar-refractivity contribution in [1.29, 1.82) is 0 Å². The summed E-state index contributed by atoms with van der Waals surface area (Å²) in [5.41, 5.74) is 0.873. The summed E-state index contributed by atoms with van der Waals surface area (Å²) in [7, 11) is 0. The molecule has 0 spiro atoms. The van der Waals surface area contributed by atoms with Crippen molar-refractivity contribution in [2.45, 2.75) is 33.2 Å². The van der Waals surface area contributed by atoms with Crippen LogP contribution in [-0.4, -0.2) is 16.6 Å². The Bertz CT molecular complexity index is 310. The Balaban J connectivity index is 2.76. The maximum absolute atomic E-state index is 11.5. The molecule has 1 aromatic heterocycles. The average molecular weight is 182 g/mol. The molecule has 1 N–H and O–H groups in total. The van der Waals surface area contributed by atoms with Crippen molar-refractivity contribution >= 4 is 5.91 Å². The summed E-state index contributed by atoms with van der Waals surface area (Å²) < 4.78 is 4.67. The fraction of sp³-hybridized carbons (Fsp3) is 0.556. The van der Waals surface area contributed by atoms with Crippen LogP contribution in [0.15, 0.2) is 10.8 Å². The summed E-state index contributed by atoms with van der Waals surface area (Å²) in [6, 6.07) is 0. The van der Waals surface area contributed by atoms with Crippen LogP contribution in [0.5, 0.6) is 0 Å². The average Bonchev–Trinajstić information content (AvgIpc) is 2.30. The molecule has 0 bridgehead atoms. The molecule has 1 heterocycles. The molecule has 72 valence electrons. The van der Waals surface area contributed by atoms with Gasteiger partial charge in [-0.3, -0.25) is 4.79 Å². The first-order chi connectivity index (χ1) is 5.90. The standard InChI is InChI=1S/C9H14N2O2/c1-6-7(5-13-11-6)8(12)10-9(2,3)4/h5H,1-4H3,(H,10,12). The zero-order valence-corrected chi connectivity index (χ0v) is 8.34. The Morgan fingerprint density at radius 2 is 2.15 bits per heavy atom. The molecule has 0 aliphatic carbocycles. The Morgan fingerprint density at radius 1 is 1.54 bits per heavy atom. The highest BCUT2D eigenvalue weighted by Gasteiger charge is 2.18. The lowest BCUT2D eigenvalue weighted by Crippen LogP contribution is -2.40. The van der Waals surface area contributed by atoms with Crippen molar-refractivity contribution in [1.82, 2.24) is 10.5 Å². The van der Waals surface area contributed by atoms with Crippen LogP contribution in [0.3, 0.4) is 0 Å². The number of carbonyl (C=O) groups is 1. The van der Waals surface area contributed by atoms with E-state index in [9.17, 15) is 4.79 Å². The molecule has 1 rings (SSSR count). The molecule has 0 fully saturated rings. The Labute approximate surface area is 77.3 Å². The van der Waals surface area contributed by atoms with E-state index in [1.807, 2.05) is 20.8 Å². The third kappa shape index (κ3) is 2.57. The quantitative estimate of drug-likeness (QED) is 0.716. The monoisotopic (exact) mass is 182 g/mol. The van der Waals surface area contributed by atoms with Crippen LogP contribution in [0.25, 0.3) is 0 Å². The van der Waals surface area contributed by atoms with E-state index in [1.54, 1.807) is 6.92 Å². The van der Waals surface area contributed by atoms with E-state index in [0.29, 0.717) is 11.3 Å². The van der Waals surface area contributed by atoms with E-state index >= 15 is 0 Å². The van der Waals surface area contributed by atoms with Gasteiger partial charge in [0.05, 0.1) is 5.69 Å². The first kappa shape index (κ1) is 9.77. The van der Waals surface area contributed by atoms with Gasteiger partial charge < -0.3 is 9.84 Å². The second-order valence-corrected chi connectivity index (χ2v) is 4.02. The summed E-state index contributed by atoms with van der Waals surface area (Å²) >= 11 is 0. The third-order valence-corrected chi connectivity index (χ3v) is 1.48. The number of aryl methyl sites for hydroxylation is 1. The van der Waals surface area contributed by atoms with Gasteiger partial charge in [0, 0.05) is 5.54 Å². The predicted molar refractivity (Wildman–Crippen MR) is 48.5 cm³/mol. The number of hydrogen-bond acceptors (Lipinski definition) is 3. The zero-order valence-electron chi connectivity index (χ0n) is 8.34. The Morgan fingerprint density at radius 3 is 2.54 bits per heavy atom. The number of nitrogens with zero attached hydrogens (tertiary/aromatic N) is 1. The van der Waals surface area contributed by atoms with Crippen LogP contribution in [0.1, 0.15) is 36.8 Å². The molecule has 0 saturated heterocycles. The topological polar surface area (TPSA) is 55.1 Å². The van der Waals surface area contributed by atoms with Gasteiger partial charge in [-0.25, -0.2) is 0 Å². The molecule has 0 aliphatic heterocycles. The van der Waals surface area contributed by atoms with Gasteiger partial charge in [0.2, 0.25) is 0 Å². The minimum Gasteiger partial charge on any atom is -0.364 e. The summed E-state index contributed by atoms with van der Waals surface area (Å²) in [6.07, 6.45) is 1.36. The van der Waals surface area contributed by atoms with Crippen LogP contribution in [0, 0.1) is 6.92 Å². The molecule has 0 unspecified atom stereocenters. The molecule has 1 aromatic rings. The maximum Gasteiger partial charge on any atom is 0.256 e. The summed E-state index contributed by atoms with van der Waals surface area (Å²) in [5.74, 6) is -0.147. The van der Waals surface area contributed by atoms with Crippen molar-refractivity contribution in [3.8, 4) is 0 Å². The minimum absolute atomic E-state index is 0.147. The molecular formula is C9H14N2O2. The second kappa shape index (κ2) is 3.20. The predicted octanol–water partition coefficient (Wildman–Crippen LogP) is 1.51. The van der Waals surface area contributed by atoms with Crippen LogP contribution in [0.4, 0.5) is 0 Å². The summed E-state index contributed by atoms with van der Waals surface area (Å²) in [4.78, 5) is 11.5. The van der Waals surface area contributed by atoms with Crippen molar-refractivity contribution in [3.05, 3.63) is 17.5 Å². The van der Waals surface area contributed by atoms with Crippen LogP contribution >= 0.6 is 0 Å². The smallest absolute Gasteiger partial charge is 0.256 e. The van der Waals surface area contributed by atoms with Crippen molar-refractivity contribution in [2.24, 2.45) is 0 Å². The van der Waals surface area contributed by atoms with Crippen LogP contribution < -0.4 is 5.32 Å². The number of rotatable bonds is 1. The molecule has 0 saturated carbocycles. The third-order valence-electron chi connectivity index (χ3n) is 1.48. The number of carbonyl (C=O) groups excluding carboxylic acids is 1. The highest BCUT2D eigenvalue weighted by molar-refractivity contribution is 5.95. The zero-order chi connectivity index (χ0) is 10.1. The van der Waals surface area contributed by atoms with E-state index in [2.05, 4.69) is 15.0 Å². The van der Waals surface area contributed by atoms with Gasteiger partial charge in [0.15, 0.2) is 0 Å². The SMILES string of the molecule is Cc1nocc1C(=O)NC(C)(C)C. The van der Waals surface area contributed by atoms with Gasteiger partial charge in [-0.1, -0.05) is 5.16 Å². The molecule has 1 amide bonds. The van der Waals surface area contributed by atoms with E-state index in [0.717, 1.165) is 0 Å². The fourth-order valence-corrected chi connectivity index (χ4v) is 0.918. The van der Waals surface area contributed by atoms with Crippen LogP contribution in [-0.2, 0) is 0 Å². The maximum atomic E-state index is 11.5. The lowest BCUT2D eigenvalue weighted by atomic mass is 10.1.